The molecule has 1 aromatic rings. The lowest BCUT2D eigenvalue weighted by atomic mass is 9.89. The molecule has 1 amide bonds. The summed E-state index contributed by atoms with van der Waals surface area (Å²) in [6.45, 7) is 4.30. The smallest absolute Gasteiger partial charge is 0.224 e. The average Bonchev–Trinajstić information content (AvgIpc) is 2.80. The van der Waals surface area contributed by atoms with Gasteiger partial charge in [0.1, 0.15) is 0 Å². The third kappa shape index (κ3) is 5.29. The van der Waals surface area contributed by atoms with Gasteiger partial charge in [0, 0.05) is 33.7 Å². The van der Waals surface area contributed by atoms with Gasteiger partial charge < -0.3 is 10.6 Å². The van der Waals surface area contributed by atoms with Crippen molar-refractivity contribution in [3.8, 4) is 0 Å². The first kappa shape index (κ1) is 19.9. The first-order valence-corrected chi connectivity index (χ1v) is 9.77. The number of nitrogens with one attached hydrogen (secondary N) is 2. The molecule has 2 saturated heterocycles. The molecule has 2 N–H and O–H groups in total. The largest absolute Gasteiger partial charge is 0.325 e. The monoisotopic (exact) mass is 388 g/mol. The zero-order valence-electron chi connectivity index (χ0n) is 14.2. The van der Waals surface area contributed by atoms with Gasteiger partial charge in [0.05, 0.1) is 5.69 Å². The number of carbonyl (C=O) groups excluding carboxylic acids is 1. The van der Waals surface area contributed by atoms with Gasteiger partial charge in [-0.05, 0) is 49.8 Å². The quantitative estimate of drug-likeness (QED) is 0.687. The predicted molar refractivity (Wildman–Crippen MR) is 106 cm³/mol. The van der Waals surface area contributed by atoms with Crippen LogP contribution in [0.5, 0.6) is 0 Å². The van der Waals surface area contributed by atoms with E-state index in [1.165, 1.54) is 12.8 Å². The van der Waals surface area contributed by atoms with Crippen LogP contribution in [0.3, 0.4) is 0 Å². The Morgan fingerprint density at radius 1 is 1.33 bits per heavy atom. The Hall–Kier alpha value is -0.420. The van der Waals surface area contributed by atoms with Crippen LogP contribution in [0, 0.1) is 5.92 Å². The summed E-state index contributed by atoms with van der Waals surface area (Å²) in [4.78, 5) is 13.6. The minimum Gasteiger partial charge on any atom is -0.325 e. The lowest BCUT2D eigenvalue weighted by Crippen LogP contribution is -2.39. The van der Waals surface area contributed by atoms with Crippen molar-refractivity contribution in [2.24, 2.45) is 5.92 Å². The molecular weight excluding hydrogens is 363 g/mol. The van der Waals surface area contributed by atoms with Crippen molar-refractivity contribution in [1.82, 2.24) is 5.32 Å². The summed E-state index contributed by atoms with van der Waals surface area (Å²) in [6, 6.07) is 6.99. The van der Waals surface area contributed by atoms with Crippen molar-refractivity contribution in [2.45, 2.75) is 68.2 Å². The van der Waals surface area contributed by atoms with Crippen molar-refractivity contribution in [3.63, 3.8) is 0 Å². The maximum absolute atomic E-state index is 12.5. The number of fused-ring (bicyclic) bond motifs is 2. The van der Waals surface area contributed by atoms with Crippen molar-refractivity contribution in [2.75, 3.05) is 5.32 Å². The molecule has 0 spiro atoms. The summed E-state index contributed by atoms with van der Waals surface area (Å²) in [5.41, 5.74) is 0.845. The summed E-state index contributed by atoms with van der Waals surface area (Å²) >= 11 is 7.86. The van der Waals surface area contributed by atoms with Gasteiger partial charge in [-0.1, -0.05) is 25.4 Å². The molecule has 134 valence electrons. The third-order valence-corrected chi connectivity index (χ3v) is 5.94. The topological polar surface area (TPSA) is 41.1 Å². The molecule has 2 heterocycles. The molecule has 2 atom stereocenters. The highest BCUT2D eigenvalue weighted by Crippen LogP contribution is 2.35. The Morgan fingerprint density at radius 3 is 2.62 bits per heavy atom. The molecule has 3 nitrogen and oxygen atoms in total. The summed E-state index contributed by atoms with van der Waals surface area (Å²) in [6.07, 6.45) is 5.42. The number of benzene rings is 1. The van der Waals surface area contributed by atoms with E-state index in [0.29, 0.717) is 34.7 Å². The van der Waals surface area contributed by atoms with Crippen LogP contribution in [0.2, 0.25) is 5.02 Å². The molecular formula is C18H26Cl2N2OS. The molecule has 0 aromatic heterocycles. The molecule has 0 radical (unpaired) electrons. The molecule has 6 heteroatoms. The van der Waals surface area contributed by atoms with Crippen LogP contribution in [0.4, 0.5) is 5.69 Å². The maximum atomic E-state index is 12.5. The summed E-state index contributed by atoms with van der Waals surface area (Å²) < 4.78 is 0. The van der Waals surface area contributed by atoms with Crippen LogP contribution in [0.15, 0.2) is 23.1 Å². The van der Waals surface area contributed by atoms with E-state index in [1.54, 1.807) is 11.8 Å². The number of thioether (sulfide) groups is 1. The van der Waals surface area contributed by atoms with E-state index in [1.807, 2.05) is 18.2 Å². The van der Waals surface area contributed by atoms with Gasteiger partial charge in [-0.2, -0.15) is 0 Å². The zero-order chi connectivity index (χ0) is 16.4. The molecule has 1 aromatic carbocycles. The van der Waals surface area contributed by atoms with Crippen molar-refractivity contribution >= 4 is 47.4 Å². The van der Waals surface area contributed by atoms with Crippen LogP contribution in [0.25, 0.3) is 0 Å². The lowest BCUT2D eigenvalue weighted by Gasteiger charge is -2.28. The number of halogens is 2. The fourth-order valence-electron chi connectivity index (χ4n) is 3.76. The highest BCUT2D eigenvalue weighted by Gasteiger charge is 2.34. The highest BCUT2D eigenvalue weighted by molar-refractivity contribution is 8.00. The SMILES string of the molecule is CC(C)Sc1ccc(Cl)cc1NC(=O)CC1CC2CCC(C1)N2.Cl. The normalized spacial score (nSPS) is 25.4. The minimum absolute atomic E-state index is 0. The first-order chi connectivity index (χ1) is 11.0. The van der Waals surface area contributed by atoms with Gasteiger partial charge in [0.2, 0.25) is 5.91 Å². The Labute approximate surface area is 160 Å². The summed E-state index contributed by atoms with van der Waals surface area (Å²) in [5, 5.41) is 7.84. The van der Waals surface area contributed by atoms with Gasteiger partial charge in [0.25, 0.3) is 0 Å². The Kier molecular flexibility index (Phi) is 7.29. The number of amides is 1. The van der Waals surface area contributed by atoms with E-state index in [4.69, 9.17) is 11.6 Å². The maximum Gasteiger partial charge on any atom is 0.224 e. The average molecular weight is 389 g/mol. The Bertz CT molecular complexity index is 570. The minimum atomic E-state index is 0. The summed E-state index contributed by atoms with van der Waals surface area (Å²) in [7, 11) is 0. The van der Waals surface area contributed by atoms with E-state index in [0.717, 1.165) is 23.4 Å². The third-order valence-electron chi connectivity index (χ3n) is 4.62. The predicted octanol–water partition coefficient (Wildman–Crippen LogP) is 5.12. The first-order valence-electron chi connectivity index (χ1n) is 8.51. The molecule has 3 rings (SSSR count). The number of piperidine rings is 1. The van der Waals surface area contributed by atoms with E-state index in [2.05, 4.69) is 24.5 Å². The van der Waals surface area contributed by atoms with Gasteiger partial charge in [-0.25, -0.2) is 0 Å². The molecule has 2 bridgehead atoms. The van der Waals surface area contributed by atoms with Crippen LogP contribution in [-0.2, 0) is 4.79 Å². The molecule has 0 saturated carbocycles. The second-order valence-electron chi connectivity index (χ2n) is 7.03. The molecule has 24 heavy (non-hydrogen) atoms. The van der Waals surface area contributed by atoms with Crippen LogP contribution in [-0.4, -0.2) is 23.2 Å². The number of anilines is 1. The van der Waals surface area contributed by atoms with Crippen LogP contribution < -0.4 is 10.6 Å². The van der Waals surface area contributed by atoms with Crippen molar-refractivity contribution in [3.05, 3.63) is 23.2 Å². The second-order valence-corrected chi connectivity index (χ2v) is 9.09. The summed E-state index contributed by atoms with van der Waals surface area (Å²) in [5.74, 6) is 0.623. The number of rotatable bonds is 5. The number of hydrogen-bond acceptors (Lipinski definition) is 3. The van der Waals surface area contributed by atoms with Crippen LogP contribution in [0.1, 0.15) is 46.0 Å². The molecule has 2 aliphatic rings. The zero-order valence-corrected chi connectivity index (χ0v) is 16.6. The van der Waals surface area contributed by atoms with Crippen LogP contribution >= 0.6 is 35.8 Å². The fraction of sp³-hybridized carbons (Fsp3) is 0.611. The van der Waals surface area contributed by atoms with Gasteiger partial charge in [0.15, 0.2) is 0 Å². The Balaban J connectivity index is 0.00000208. The number of hydrogen-bond donors (Lipinski definition) is 2. The van der Waals surface area contributed by atoms with Gasteiger partial charge >= 0.3 is 0 Å². The van der Waals surface area contributed by atoms with E-state index < -0.39 is 0 Å². The van der Waals surface area contributed by atoms with E-state index in [9.17, 15) is 4.79 Å². The molecule has 2 fully saturated rings. The fourth-order valence-corrected chi connectivity index (χ4v) is 4.83. The van der Waals surface area contributed by atoms with Crippen molar-refractivity contribution in [1.29, 1.82) is 0 Å². The Morgan fingerprint density at radius 2 is 2.00 bits per heavy atom. The number of carbonyl (C=O) groups is 1. The van der Waals surface area contributed by atoms with Gasteiger partial charge in [-0.3, -0.25) is 4.79 Å². The van der Waals surface area contributed by atoms with Gasteiger partial charge in [-0.15, -0.1) is 24.2 Å². The highest BCUT2D eigenvalue weighted by atomic mass is 35.5. The second kappa shape index (κ2) is 8.79. The molecule has 2 aliphatic heterocycles. The molecule has 0 aliphatic carbocycles. The van der Waals surface area contributed by atoms with E-state index in [-0.39, 0.29) is 18.3 Å². The molecule has 2 unspecified atom stereocenters. The standard InChI is InChI=1S/C18H25ClN2OS.ClH/c1-11(2)23-17-6-3-13(19)10-16(17)21-18(22)9-12-7-14-4-5-15(8-12)20-14;/h3,6,10-12,14-15,20H,4-5,7-9H2,1-2H3,(H,21,22);1H. The lowest BCUT2D eigenvalue weighted by molar-refractivity contribution is -0.117. The van der Waals surface area contributed by atoms with Crippen molar-refractivity contribution < 1.29 is 4.79 Å². The van der Waals surface area contributed by atoms with E-state index >= 15 is 0 Å².